The monoisotopic (exact) mass is 314 g/mol. The van der Waals surface area contributed by atoms with Crippen LogP contribution < -0.4 is 10.1 Å². The highest BCUT2D eigenvalue weighted by molar-refractivity contribution is 6.35. The van der Waals surface area contributed by atoms with E-state index in [1.807, 2.05) is 4.90 Å². The number of fused-ring (bicyclic) bond motifs is 2. The van der Waals surface area contributed by atoms with Crippen LogP contribution in [0.25, 0.3) is 0 Å². The lowest BCUT2D eigenvalue weighted by Crippen LogP contribution is -2.46. The third-order valence-electron chi connectivity index (χ3n) is 3.84. The van der Waals surface area contributed by atoms with Crippen molar-refractivity contribution in [2.45, 2.75) is 24.9 Å². The number of benzene rings is 1. The molecule has 20 heavy (non-hydrogen) atoms. The van der Waals surface area contributed by atoms with E-state index >= 15 is 0 Å². The molecule has 0 aliphatic carbocycles. The first-order valence-corrected chi connectivity index (χ1v) is 7.50. The van der Waals surface area contributed by atoms with Crippen LogP contribution in [0.4, 0.5) is 0 Å². The largest absolute Gasteiger partial charge is 0.491 e. The molecule has 2 atom stereocenters. The van der Waals surface area contributed by atoms with Gasteiger partial charge in [0.1, 0.15) is 5.75 Å². The van der Waals surface area contributed by atoms with Crippen molar-refractivity contribution in [1.29, 1.82) is 0 Å². The summed E-state index contributed by atoms with van der Waals surface area (Å²) in [4.78, 5) is 14.1. The number of carbonyl (C=O) groups excluding carboxylic acids is 1. The van der Waals surface area contributed by atoms with Crippen molar-refractivity contribution in [2.24, 2.45) is 0 Å². The molecule has 6 heteroatoms. The number of hydrogen-bond acceptors (Lipinski definition) is 3. The Balaban J connectivity index is 1.49. The number of hydrogen-bond donors (Lipinski definition) is 1. The maximum Gasteiger partial charge on any atom is 0.226 e. The summed E-state index contributed by atoms with van der Waals surface area (Å²) in [5, 5.41) is 4.42. The summed E-state index contributed by atoms with van der Waals surface area (Å²) >= 11 is 11.8. The van der Waals surface area contributed by atoms with E-state index in [0.29, 0.717) is 40.9 Å². The second-order valence-electron chi connectivity index (χ2n) is 5.21. The number of amides is 1. The molecule has 2 aliphatic heterocycles. The van der Waals surface area contributed by atoms with Gasteiger partial charge in [-0.2, -0.15) is 0 Å². The van der Waals surface area contributed by atoms with E-state index in [2.05, 4.69) is 5.32 Å². The zero-order valence-corrected chi connectivity index (χ0v) is 12.5. The second kappa shape index (κ2) is 5.80. The number of nitrogens with zero attached hydrogens (tertiary/aromatic N) is 1. The van der Waals surface area contributed by atoms with Crippen molar-refractivity contribution >= 4 is 29.1 Å². The topological polar surface area (TPSA) is 41.6 Å². The molecule has 1 aromatic rings. The lowest BCUT2D eigenvalue weighted by Gasteiger charge is -2.27. The summed E-state index contributed by atoms with van der Waals surface area (Å²) in [5.74, 6) is 0.720. The highest BCUT2D eigenvalue weighted by Gasteiger charge is 2.39. The predicted molar refractivity (Wildman–Crippen MR) is 78.5 cm³/mol. The van der Waals surface area contributed by atoms with Gasteiger partial charge in [0.25, 0.3) is 0 Å². The molecule has 0 radical (unpaired) electrons. The lowest BCUT2D eigenvalue weighted by molar-refractivity contribution is -0.133. The van der Waals surface area contributed by atoms with Crippen LogP contribution in [0.3, 0.4) is 0 Å². The summed E-state index contributed by atoms with van der Waals surface area (Å²) in [6, 6.07) is 5.92. The molecule has 0 saturated carbocycles. The van der Waals surface area contributed by atoms with Crippen molar-refractivity contribution < 1.29 is 9.53 Å². The molecule has 0 spiro atoms. The minimum Gasteiger partial charge on any atom is -0.491 e. The average Bonchev–Trinajstić information content (AvgIpc) is 3.03. The Morgan fingerprint density at radius 2 is 2.30 bits per heavy atom. The number of ether oxygens (including phenoxy) is 1. The van der Waals surface area contributed by atoms with Gasteiger partial charge in [-0.1, -0.05) is 23.2 Å². The van der Waals surface area contributed by atoms with Gasteiger partial charge in [0.2, 0.25) is 5.91 Å². The third-order valence-corrected chi connectivity index (χ3v) is 4.37. The Labute approximate surface area is 128 Å². The molecule has 1 N–H and O–H groups in total. The summed E-state index contributed by atoms with van der Waals surface area (Å²) in [6.45, 7) is 2.08. The minimum absolute atomic E-state index is 0.157. The third kappa shape index (κ3) is 2.87. The van der Waals surface area contributed by atoms with Crippen LogP contribution in [-0.2, 0) is 4.79 Å². The zero-order chi connectivity index (χ0) is 14.1. The molecular weight excluding hydrogens is 299 g/mol. The average molecular weight is 315 g/mol. The lowest BCUT2D eigenvalue weighted by atomic mass is 10.2. The van der Waals surface area contributed by atoms with Gasteiger partial charge >= 0.3 is 0 Å². The Bertz CT molecular complexity index is 524. The fourth-order valence-electron chi connectivity index (χ4n) is 2.85. The fraction of sp³-hybridized carbons (Fsp3) is 0.500. The number of rotatable bonds is 4. The van der Waals surface area contributed by atoms with Crippen LogP contribution in [0.2, 0.25) is 10.0 Å². The first kappa shape index (κ1) is 14.0. The summed E-state index contributed by atoms with van der Waals surface area (Å²) in [7, 11) is 0. The number of piperazine rings is 1. The summed E-state index contributed by atoms with van der Waals surface area (Å²) in [6.07, 6.45) is 1.46. The van der Waals surface area contributed by atoms with E-state index in [4.69, 9.17) is 27.9 Å². The van der Waals surface area contributed by atoms with Crippen LogP contribution in [0.1, 0.15) is 12.8 Å². The molecule has 2 saturated heterocycles. The van der Waals surface area contributed by atoms with Crippen LogP contribution in [0.5, 0.6) is 5.75 Å². The molecule has 108 valence electrons. The summed E-state index contributed by atoms with van der Waals surface area (Å²) in [5.41, 5.74) is 0. The second-order valence-corrected chi connectivity index (χ2v) is 6.06. The van der Waals surface area contributed by atoms with Crippen molar-refractivity contribution in [1.82, 2.24) is 10.2 Å². The fourth-order valence-corrected chi connectivity index (χ4v) is 3.31. The predicted octanol–water partition coefficient (Wildman–Crippen LogP) is 2.33. The van der Waals surface area contributed by atoms with Gasteiger partial charge in [-0.3, -0.25) is 4.79 Å². The normalized spacial score (nSPS) is 24.2. The molecule has 2 bridgehead atoms. The Hall–Kier alpha value is -0.970. The smallest absolute Gasteiger partial charge is 0.226 e. The van der Waals surface area contributed by atoms with Crippen LogP contribution >= 0.6 is 23.2 Å². The van der Waals surface area contributed by atoms with Crippen LogP contribution in [-0.4, -0.2) is 42.6 Å². The van der Waals surface area contributed by atoms with Gasteiger partial charge < -0.3 is 15.0 Å². The minimum atomic E-state index is 0.157. The first-order valence-electron chi connectivity index (χ1n) is 6.74. The number of carbonyl (C=O) groups is 1. The van der Waals surface area contributed by atoms with E-state index in [-0.39, 0.29) is 5.91 Å². The van der Waals surface area contributed by atoms with Gasteiger partial charge in [-0.05, 0) is 24.6 Å². The molecule has 1 aromatic carbocycles. The maximum absolute atomic E-state index is 12.1. The van der Waals surface area contributed by atoms with Crippen LogP contribution in [0.15, 0.2) is 18.2 Å². The van der Waals surface area contributed by atoms with E-state index in [1.54, 1.807) is 18.2 Å². The molecule has 1 amide bonds. The molecular formula is C14H16Cl2N2O2. The quantitative estimate of drug-likeness (QED) is 0.927. The van der Waals surface area contributed by atoms with Gasteiger partial charge in [-0.15, -0.1) is 0 Å². The van der Waals surface area contributed by atoms with Gasteiger partial charge in [0, 0.05) is 30.2 Å². The first-order chi connectivity index (χ1) is 9.63. The highest BCUT2D eigenvalue weighted by atomic mass is 35.5. The van der Waals surface area contributed by atoms with E-state index < -0.39 is 0 Å². The van der Waals surface area contributed by atoms with E-state index in [1.165, 1.54) is 0 Å². The van der Waals surface area contributed by atoms with Crippen molar-refractivity contribution in [3.63, 3.8) is 0 Å². The van der Waals surface area contributed by atoms with Gasteiger partial charge in [0.15, 0.2) is 0 Å². The molecule has 2 fully saturated rings. The zero-order valence-electron chi connectivity index (χ0n) is 10.9. The maximum atomic E-state index is 12.1. The molecule has 2 heterocycles. The van der Waals surface area contributed by atoms with Gasteiger partial charge in [0.05, 0.1) is 18.1 Å². The summed E-state index contributed by atoms with van der Waals surface area (Å²) < 4.78 is 5.55. The molecule has 0 unspecified atom stereocenters. The Morgan fingerprint density at radius 1 is 1.45 bits per heavy atom. The number of likely N-dealkylation sites (tertiary alicyclic amines) is 1. The number of nitrogens with one attached hydrogen (secondary N) is 1. The Morgan fingerprint density at radius 3 is 2.95 bits per heavy atom. The SMILES string of the molecule is O=C(CCOc1ccc(Cl)cc1Cl)N1C[C@@H]2C[C@H]1CN2. The molecule has 4 nitrogen and oxygen atoms in total. The highest BCUT2D eigenvalue weighted by Crippen LogP contribution is 2.28. The standard InChI is InChI=1S/C14H16Cl2N2O2/c15-9-1-2-13(12(16)5-9)20-4-3-14(19)18-8-10-6-11(18)7-17-10/h1-2,5,10-11,17H,3-4,6-8H2/t10-,11-/m0/s1. The van der Waals surface area contributed by atoms with Gasteiger partial charge in [-0.25, -0.2) is 0 Å². The van der Waals surface area contributed by atoms with Crippen molar-refractivity contribution in [3.05, 3.63) is 28.2 Å². The van der Waals surface area contributed by atoms with E-state index in [0.717, 1.165) is 19.5 Å². The molecule has 2 aliphatic rings. The van der Waals surface area contributed by atoms with Crippen molar-refractivity contribution in [3.8, 4) is 5.75 Å². The molecule has 0 aromatic heterocycles. The number of halogens is 2. The van der Waals surface area contributed by atoms with Crippen LogP contribution in [0, 0.1) is 0 Å². The van der Waals surface area contributed by atoms with E-state index in [9.17, 15) is 4.79 Å². The Kier molecular flexibility index (Phi) is 4.06. The molecule has 3 rings (SSSR count). The van der Waals surface area contributed by atoms with Crippen molar-refractivity contribution in [2.75, 3.05) is 19.7 Å².